The van der Waals surface area contributed by atoms with Crippen molar-refractivity contribution in [1.82, 2.24) is 15.3 Å². The van der Waals surface area contributed by atoms with E-state index in [2.05, 4.69) is 20.4 Å². The van der Waals surface area contributed by atoms with Gasteiger partial charge >= 0.3 is 0 Å². The van der Waals surface area contributed by atoms with Crippen LogP contribution in [-0.2, 0) is 20.9 Å². The van der Waals surface area contributed by atoms with Gasteiger partial charge in [0.15, 0.2) is 6.10 Å². The molecule has 1 aromatic carbocycles. The van der Waals surface area contributed by atoms with Crippen LogP contribution in [0.3, 0.4) is 0 Å². The number of nitrogens with one attached hydrogen (secondary N) is 1. The Morgan fingerprint density at radius 2 is 2.00 bits per heavy atom. The Labute approximate surface area is 178 Å². The molecule has 1 saturated heterocycles. The van der Waals surface area contributed by atoms with E-state index < -0.39 is 0 Å². The molecule has 0 spiro atoms. The van der Waals surface area contributed by atoms with Crippen molar-refractivity contribution in [2.45, 2.75) is 38.2 Å². The number of carbonyl (C=O) groups is 1. The van der Waals surface area contributed by atoms with Crippen LogP contribution in [0, 0.1) is 12.7 Å². The quantitative estimate of drug-likeness (QED) is 0.706. The third-order valence-corrected chi connectivity index (χ3v) is 5.04. The highest BCUT2D eigenvalue weighted by atomic mass is 19.1. The number of aryl methyl sites for hydroxylation is 1. The lowest BCUT2D eigenvalue weighted by molar-refractivity contribution is -0.178. The van der Waals surface area contributed by atoms with E-state index in [0.29, 0.717) is 36.9 Å². The van der Waals surface area contributed by atoms with Crippen LogP contribution in [0.5, 0.6) is 0 Å². The number of ether oxygens (including phenoxy) is 2. The summed E-state index contributed by atoms with van der Waals surface area (Å²) in [6.45, 7) is 2.45. The van der Waals surface area contributed by atoms with Crippen molar-refractivity contribution in [3.63, 3.8) is 0 Å². The summed E-state index contributed by atoms with van der Waals surface area (Å²) in [5.74, 6) is -0.271. The molecule has 3 unspecified atom stereocenters. The SMILES string of the molecule is Cc1nc(C(=O)NCc2ccc(F)cc2)cc(C2=NOC(C3COC(CO)CO3)C2)n1. The highest BCUT2D eigenvalue weighted by molar-refractivity contribution is 6.02. The minimum absolute atomic E-state index is 0.0911. The summed E-state index contributed by atoms with van der Waals surface area (Å²) in [5.41, 5.74) is 2.08. The van der Waals surface area contributed by atoms with Crippen LogP contribution in [0.15, 0.2) is 35.5 Å². The minimum atomic E-state index is -0.369. The van der Waals surface area contributed by atoms with Crippen molar-refractivity contribution in [3.05, 3.63) is 58.9 Å². The van der Waals surface area contributed by atoms with Gasteiger partial charge in [0.05, 0.1) is 25.5 Å². The van der Waals surface area contributed by atoms with Crippen LogP contribution in [0.4, 0.5) is 4.39 Å². The summed E-state index contributed by atoms with van der Waals surface area (Å²) in [6.07, 6.45) is -0.505. The number of oxime groups is 1. The van der Waals surface area contributed by atoms with E-state index in [1.807, 2.05) is 0 Å². The van der Waals surface area contributed by atoms with Gasteiger partial charge < -0.3 is 24.7 Å². The number of rotatable bonds is 6. The molecule has 4 rings (SSSR count). The van der Waals surface area contributed by atoms with Crippen molar-refractivity contribution in [1.29, 1.82) is 0 Å². The Morgan fingerprint density at radius 3 is 2.71 bits per heavy atom. The fourth-order valence-electron chi connectivity index (χ4n) is 3.33. The Balaban J connectivity index is 1.38. The van der Waals surface area contributed by atoms with Gasteiger partial charge in [0, 0.05) is 13.0 Å². The number of hydrogen-bond acceptors (Lipinski definition) is 8. The van der Waals surface area contributed by atoms with Gasteiger partial charge in [0.1, 0.15) is 35.3 Å². The number of carbonyl (C=O) groups excluding carboxylic acids is 1. The molecule has 2 aromatic rings. The zero-order chi connectivity index (χ0) is 21.8. The highest BCUT2D eigenvalue weighted by Crippen LogP contribution is 2.23. The lowest BCUT2D eigenvalue weighted by atomic mass is 10.0. The molecule has 10 heteroatoms. The molecule has 0 radical (unpaired) electrons. The topological polar surface area (TPSA) is 115 Å². The first kappa shape index (κ1) is 21.3. The fourth-order valence-corrected chi connectivity index (χ4v) is 3.33. The average molecular weight is 430 g/mol. The highest BCUT2D eigenvalue weighted by Gasteiger charge is 2.35. The lowest BCUT2D eigenvalue weighted by Gasteiger charge is -2.30. The largest absolute Gasteiger partial charge is 0.394 e. The Hall–Kier alpha value is -2.95. The van der Waals surface area contributed by atoms with Gasteiger partial charge in [0.2, 0.25) is 0 Å². The Morgan fingerprint density at radius 1 is 1.19 bits per heavy atom. The molecular weight excluding hydrogens is 407 g/mol. The number of amides is 1. The van der Waals surface area contributed by atoms with Gasteiger partial charge in [-0.3, -0.25) is 4.79 Å². The number of aliphatic hydroxyl groups excluding tert-OH is 1. The van der Waals surface area contributed by atoms with E-state index in [-0.39, 0.29) is 48.9 Å². The molecular formula is C21H23FN4O5. The second-order valence-corrected chi connectivity index (χ2v) is 7.39. The second kappa shape index (κ2) is 9.46. The van der Waals surface area contributed by atoms with Gasteiger partial charge in [-0.25, -0.2) is 14.4 Å². The van der Waals surface area contributed by atoms with Crippen molar-refractivity contribution >= 4 is 11.6 Å². The third-order valence-electron chi connectivity index (χ3n) is 5.04. The molecule has 3 atom stereocenters. The number of benzene rings is 1. The zero-order valence-corrected chi connectivity index (χ0v) is 17.0. The molecule has 0 bridgehead atoms. The van der Waals surface area contributed by atoms with E-state index in [0.717, 1.165) is 5.56 Å². The number of hydrogen-bond donors (Lipinski definition) is 2. The van der Waals surface area contributed by atoms with Crippen molar-refractivity contribution in [3.8, 4) is 0 Å². The van der Waals surface area contributed by atoms with E-state index in [1.54, 1.807) is 25.1 Å². The minimum Gasteiger partial charge on any atom is -0.394 e. The van der Waals surface area contributed by atoms with Crippen LogP contribution in [0.25, 0.3) is 0 Å². The molecule has 2 N–H and O–H groups in total. The first-order valence-electron chi connectivity index (χ1n) is 9.97. The zero-order valence-electron chi connectivity index (χ0n) is 17.0. The van der Waals surface area contributed by atoms with Gasteiger partial charge in [-0.2, -0.15) is 0 Å². The Kier molecular flexibility index (Phi) is 6.50. The number of aromatic nitrogens is 2. The predicted molar refractivity (Wildman–Crippen MR) is 107 cm³/mol. The van der Waals surface area contributed by atoms with Crippen molar-refractivity contribution in [2.75, 3.05) is 19.8 Å². The average Bonchev–Trinajstić information content (AvgIpc) is 3.28. The van der Waals surface area contributed by atoms with E-state index in [4.69, 9.17) is 19.4 Å². The molecule has 2 aliphatic rings. The van der Waals surface area contributed by atoms with Gasteiger partial charge in [-0.1, -0.05) is 17.3 Å². The molecule has 164 valence electrons. The van der Waals surface area contributed by atoms with Crippen LogP contribution in [-0.4, -0.2) is 64.8 Å². The summed E-state index contributed by atoms with van der Waals surface area (Å²) < 4.78 is 24.3. The van der Waals surface area contributed by atoms with Gasteiger partial charge in [0.25, 0.3) is 5.91 Å². The molecule has 0 aliphatic carbocycles. The van der Waals surface area contributed by atoms with Gasteiger partial charge in [-0.05, 0) is 30.7 Å². The molecule has 1 fully saturated rings. The van der Waals surface area contributed by atoms with Crippen LogP contribution in [0.2, 0.25) is 0 Å². The van der Waals surface area contributed by atoms with Gasteiger partial charge in [-0.15, -0.1) is 0 Å². The summed E-state index contributed by atoms with van der Waals surface area (Å²) in [6, 6.07) is 7.47. The molecule has 2 aliphatic heterocycles. The number of aliphatic hydroxyl groups is 1. The lowest BCUT2D eigenvalue weighted by Crippen LogP contribution is -2.43. The molecule has 1 aromatic heterocycles. The number of halogens is 1. The molecule has 9 nitrogen and oxygen atoms in total. The first-order chi connectivity index (χ1) is 15.0. The normalized spacial score (nSPS) is 23.2. The third kappa shape index (κ3) is 5.22. The molecule has 0 saturated carbocycles. The molecule has 3 heterocycles. The van der Waals surface area contributed by atoms with Crippen LogP contribution in [0.1, 0.15) is 34.0 Å². The molecule has 1 amide bonds. The van der Waals surface area contributed by atoms with Crippen LogP contribution >= 0.6 is 0 Å². The van der Waals surface area contributed by atoms with E-state index >= 15 is 0 Å². The maximum Gasteiger partial charge on any atom is 0.270 e. The molecule has 31 heavy (non-hydrogen) atoms. The number of nitrogens with zero attached hydrogens (tertiary/aromatic N) is 3. The standard InChI is InChI=1S/C21H23FN4O5/c1-12-24-16(17-7-19(31-26-17)20-11-29-15(9-27)10-30-20)6-18(25-12)21(28)23-8-13-2-4-14(22)5-3-13/h2-6,15,19-20,27H,7-11H2,1H3,(H,23,28). The smallest absolute Gasteiger partial charge is 0.270 e. The van der Waals surface area contributed by atoms with E-state index in [9.17, 15) is 9.18 Å². The summed E-state index contributed by atoms with van der Waals surface area (Å²) in [5, 5.41) is 16.0. The fraction of sp³-hybridized carbons (Fsp3) is 0.429. The maximum absolute atomic E-state index is 13.0. The monoisotopic (exact) mass is 430 g/mol. The second-order valence-electron chi connectivity index (χ2n) is 7.39. The van der Waals surface area contributed by atoms with Crippen LogP contribution < -0.4 is 5.32 Å². The Bertz CT molecular complexity index is 961. The summed E-state index contributed by atoms with van der Waals surface area (Å²) in [7, 11) is 0. The van der Waals surface area contributed by atoms with E-state index in [1.165, 1.54) is 12.1 Å². The van der Waals surface area contributed by atoms with Crippen molar-refractivity contribution in [2.24, 2.45) is 5.16 Å². The summed E-state index contributed by atoms with van der Waals surface area (Å²) >= 11 is 0. The van der Waals surface area contributed by atoms with Crippen molar-refractivity contribution < 1.29 is 28.6 Å². The summed E-state index contributed by atoms with van der Waals surface area (Å²) in [4.78, 5) is 26.7. The predicted octanol–water partition coefficient (Wildman–Crippen LogP) is 1.12. The maximum atomic E-state index is 13.0. The first-order valence-corrected chi connectivity index (χ1v) is 9.97.